The lowest BCUT2D eigenvalue weighted by Gasteiger charge is -2.36. The van der Waals surface area contributed by atoms with Crippen molar-refractivity contribution in [1.82, 2.24) is 19.5 Å². The van der Waals surface area contributed by atoms with Crippen molar-refractivity contribution in [3.63, 3.8) is 0 Å². The molecule has 134 valence electrons. The maximum Gasteiger partial charge on any atom is 0.272 e. The SMILES string of the molecule is CCc1cc(C(=O)N2CCN(c3ccc(C)cc3)CC2)nc2ccnn12. The van der Waals surface area contributed by atoms with Gasteiger partial charge >= 0.3 is 0 Å². The minimum absolute atomic E-state index is 0.00644. The first-order valence-electron chi connectivity index (χ1n) is 9.10. The molecule has 0 aliphatic carbocycles. The van der Waals surface area contributed by atoms with E-state index in [1.54, 1.807) is 10.7 Å². The molecule has 6 nitrogen and oxygen atoms in total. The minimum atomic E-state index is 0.00644. The van der Waals surface area contributed by atoms with E-state index in [0.717, 1.165) is 30.9 Å². The third kappa shape index (κ3) is 3.03. The Morgan fingerprint density at radius 2 is 1.81 bits per heavy atom. The van der Waals surface area contributed by atoms with Gasteiger partial charge in [0.2, 0.25) is 0 Å². The quantitative estimate of drug-likeness (QED) is 0.729. The summed E-state index contributed by atoms with van der Waals surface area (Å²) in [6, 6.07) is 12.3. The molecule has 26 heavy (non-hydrogen) atoms. The highest BCUT2D eigenvalue weighted by molar-refractivity contribution is 5.93. The first-order chi connectivity index (χ1) is 12.7. The molecular formula is C20H23N5O. The summed E-state index contributed by atoms with van der Waals surface area (Å²) in [7, 11) is 0. The molecule has 1 aliphatic heterocycles. The lowest BCUT2D eigenvalue weighted by Crippen LogP contribution is -2.49. The molecule has 0 atom stereocenters. The predicted molar refractivity (Wildman–Crippen MR) is 102 cm³/mol. The number of nitrogens with zero attached hydrogens (tertiary/aromatic N) is 5. The molecule has 0 N–H and O–H groups in total. The van der Waals surface area contributed by atoms with E-state index in [2.05, 4.69) is 53.1 Å². The van der Waals surface area contributed by atoms with Crippen LogP contribution in [0, 0.1) is 6.92 Å². The van der Waals surface area contributed by atoms with Gasteiger partial charge in [-0.1, -0.05) is 24.6 Å². The van der Waals surface area contributed by atoms with E-state index in [-0.39, 0.29) is 5.91 Å². The lowest BCUT2D eigenvalue weighted by atomic mass is 10.2. The smallest absolute Gasteiger partial charge is 0.272 e. The average Bonchev–Trinajstić information content (AvgIpc) is 3.16. The monoisotopic (exact) mass is 349 g/mol. The van der Waals surface area contributed by atoms with Crippen molar-refractivity contribution >= 4 is 17.2 Å². The summed E-state index contributed by atoms with van der Waals surface area (Å²) in [4.78, 5) is 21.7. The maximum absolute atomic E-state index is 12.9. The molecule has 0 unspecified atom stereocenters. The number of aryl methyl sites for hydroxylation is 2. The molecule has 0 bridgehead atoms. The topological polar surface area (TPSA) is 53.7 Å². The first-order valence-corrected chi connectivity index (χ1v) is 9.10. The summed E-state index contributed by atoms with van der Waals surface area (Å²) in [6.45, 7) is 7.25. The summed E-state index contributed by atoms with van der Waals surface area (Å²) in [5.41, 5.74) is 4.72. The minimum Gasteiger partial charge on any atom is -0.368 e. The second-order valence-electron chi connectivity index (χ2n) is 6.70. The molecule has 3 heterocycles. The highest BCUT2D eigenvalue weighted by atomic mass is 16.2. The van der Waals surface area contributed by atoms with Gasteiger partial charge in [-0.05, 0) is 31.5 Å². The normalized spacial score (nSPS) is 14.8. The highest BCUT2D eigenvalue weighted by Gasteiger charge is 2.24. The molecule has 3 aromatic rings. The van der Waals surface area contributed by atoms with Gasteiger partial charge in [-0.2, -0.15) is 5.10 Å². The molecule has 6 heteroatoms. The van der Waals surface area contributed by atoms with Gasteiger partial charge in [0, 0.05) is 43.6 Å². The third-order valence-electron chi connectivity index (χ3n) is 4.98. The van der Waals surface area contributed by atoms with E-state index >= 15 is 0 Å². The van der Waals surface area contributed by atoms with Crippen molar-refractivity contribution in [2.45, 2.75) is 20.3 Å². The van der Waals surface area contributed by atoms with E-state index in [1.165, 1.54) is 11.3 Å². The van der Waals surface area contributed by atoms with Gasteiger partial charge in [-0.25, -0.2) is 9.50 Å². The average molecular weight is 349 g/mol. The molecule has 1 aromatic carbocycles. The van der Waals surface area contributed by atoms with E-state index in [9.17, 15) is 4.79 Å². The van der Waals surface area contributed by atoms with Gasteiger partial charge in [-0.3, -0.25) is 4.79 Å². The van der Waals surface area contributed by atoms with Crippen LogP contribution in [0.5, 0.6) is 0 Å². The Bertz CT molecular complexity index is 923. The zero-order chi connectivity index (χ0) is 18.1. The van der Waals surface area contributed by atoms with Crippen LogP contribution >= 0.6 is 0 Å². The maximum atomic E-state index is 12.9. The number of hydrogen-bond donors (Lipinski definition) is 0. The Hall–Kier alpha value is -2.89. The third-order valence-corrected chi connectivity index (χ3v) is 4.98. The van der Waals surface area contributed by atoms with Crippen LogP contribution in [0.2, 0.25) is 0 Å². The van der Waals surface area contributed by atoms with Crippen molar-refractivity contribution in [2.24, 2.45) is 0 Å². The number of hydrogen-bond acceptors (Lipinski definition) is 4. The van der Waals surface area contributed by atoms with Gasteiger partial charge in [0.25, 0.3) is 5.91 Å². The van der Waals surface area contributed by atoms with Crippen molar-refractivity contribution in [3.8, 4) is 0 Å². The van der Waals surface area contributed by atoms with Gasteiger partial charge in [0.15, 0.2) is 5.65 Å². The highest BCUT2D eigenvalue weighted by Crippen LogP contribution is 2.18. The largest absolute Gasteiger partial charge is 0.368 e. The van der Waals surface area contributed by atoms with E-state index in [4.69, 9.17) is 0 Å². The van der Waals surface area contributed by atoms with Gasteiger partial charge in [-0.15, -0.1) is 0 Å². The van der Waals surface area contributed by atoms with Crippen LogP contribution in [-0.4, -0.2) is 51.6 Å². The summed E-state index contributed by atoms with van der Waals surface area (Å²) in [5, 5.41) is 4.27. The lowest BCUT2D eigenvalue weighted by molar-refractivity contribution is 0.0741. The van der Waals surface area contributed by atoms with Crippen LogP contribution < -0.4 is 4.90 Å². The van der Waals surface area contributed by atoms with Crippen molar-refractivity contribution in [2.75, 3.05) is 31.1 Å². The number of carbonyl (C=O) groups is 1. The van der Waals surface area contributed by atoms with E-state index in [0.29, 0.717) is 18.8 Å². The van der Waals surface area contributed by atoms with E-state index in [1.807, 2.05) is 17.0 Å². The number of rotatable bonds is 3. The number of aromatic nitrogens is 3. The fraction of sp³-hybridized carbons (Fsp3) is 0.350. The Morgan fingerprint density at radius 3 is 2.50 bits per heavy atom. The Labute approximate surface area is 153 Å². The fourth-order valence-corrected chi connectivity index (χ4v) is 3.42. The molecule has 4 rings (SSSR count). The van der Waals surface area contributed by atoms with E-state index < -0.39 is 0 Å². The fourth-order valence-electron chi connectivity index (χ4n) is 3.42. The molecule has 2 aromatic heterocycles. The summed E-state index contributed by atoms with van der Waals surface area (Å²) < 4.78 is 1.80. The summed E-state index contributed by atoms with van der Waals surface area (Å²) >= 11 is 0. The van der Waals surface area contributed by atoms with Crippen molar-refractivity contribution < 1.29 is 4.79 Å². The number of fused-ring (bicyclic) bond motifs is 1. The molecular weight excluding hydrogens is 326 g/mol. The van der Waals surface area contributed by atoms with Crippen molar-refractivity contribution in [1.29, 1.82) is 0 Å². The molecule has 1 saturated heterocycles. The number of amides is 1. The van der Waals surface area contributed by atoms with Crippen LogP contribution in [0.3, 0.4) is 0 Å². The number of anilines is 1. The Morgan fingerprint density at radius 1 is 1.08 bits per heavy atom. The molecule has 1 aliphatic rings. The van der Waals surface area contributed by atoms with Gasteiger partial charge in [0.1, 0.15) is 5.69 Å². The van der Waals surface area contributed by atoms with Gasteiger partial charge < -0.3 is 9.80 Å². The molecule has 1 fully saturated rings. The molecule has 1 amide bonds. The molecule has 0 radical (unpaired) electrons. The first kappa shape index (κ1) is 16.6. The molecule has 0 spiro atoms. The van der Waals surface area contributed by atoms with Crippen LogP contribution in [0.25, 0.3) is 5.65 Å². The summed E-state index contributed by atoms with van der Waals surface area (Å²) in [5.74, 6) is 0.00644. The second kappa shape index (κ2) is 6.78. The van der Waals surface area contributed by atoms with Crippen molar-refractivity contribution in [3.05, 3.63) is 59.5 Å². The second-order valence-corrected chi connectivity index (χ2v) is 6.70. The zero-order valence-corrected chi connectivity index (χ0v) is 15.2. The number of piperazine rings is 1. The molecule has 0 saturated carbocycles. The Kier molecular flexibility index (Phi) is 4.32. The number of benzene rings is 1. The van der Waals surface area contributed by atoms with Crippen LogP contribution in [-0.2, 0) is 6.42 Å². The number of carbonyl (C=O) groups excluding carboxylic acids is 1. The summed E-state index contributed by atoms with van der Waals surface area (Å²) in [6.07, 6.45) is 2.53. The Balaban J connectivity index is 1.49. The zero-order valence-electron chi connectivity index (χ0n) is 15.2. The standard InChI is InChI=1S/C20H23N5O/c1-3-16-14-18(22-19-8-9-21-25(16)19)20(26)24-12-10-23(11-13-24)17-6-4-15(2)5-7-17/h4-9,14H,3,10-13H2,1-2H3. The van der Waals surface area contributed by atoms with Crippen LogP contribution in [0.4, 0.5) is 5.69 Å². The van der Waals surface area contributed by atoms with Gasteiger partial charge in [0.05, 0.1) is 6.20 Å². The van der Waals surface area contributed by atoms with Crippen LogP contribution in [0.15, 0.2) is 42.6 Å². The predicted octanol–water partition coefficient (Wildman–Crippen LogP) is 2.56. The van der Waals surface area contributed by atoms with Crippen LogP contribution in [0.1, 0.15) is 28.7 Å².